The lowest BCUT2D eigenvalue weighted by Crippen LogP contribution is -2.52. The summed E-state index contributed by atoms with van der Waals surface area (Å²) in [7, 11) is 1.67. The van der Waals surface area contributed by atoms with Gasteiger partial charge >= 0.3 is 0 Å². The third kappa shape index (κ3) is 3.29. The van der Waals surface area contributed by atoms with E-state index in [1.807, 2.05) is 61.5 Å². The predicted octanol–water partition coefficient (Wildman–Crippen LogP) is 3.73. The van der Waals surface area contributed by atoms with Crippen LogP contribution < -0.4 is 17.2 Å². The number of amides is 1. The second-order valence-electron chi connectivity index (χ2n) is 9.02. The van der Waals surface area contributed by atoms with Crippen molar-refractivity contribution in [3.8, 4) is 10.4 Å². The maximum Gasteiger partial charge on any atom is 0.239 e. The van der Waals surface area contributed by atoms with Crippen LogP contribution in [0.4, 0.5) is 5.69 Å². The number of benzene rings is 2. The van der Waals surface area contributed by atoms with Gasteiger partial charge in [-0.05, 0) is 60.7 Å². The van der Waals surface area contributed by atoms with E-state index in [9.17, 15) is 4.79 Å². The number of nitrogens with zero attached hydrogens (tertiary/aromatic N) is 2. The predicted molar refractivity (Wildman–Crippen MR) is 130 cm³/mol. The van der Waals surface area contributed by atoms with E-state index in [1.54, 1.807) is 18.4 Å². The highest BCUT2D eigenvalue weighted by Crippen LogP contribution is 2.48. The van der Waals surface area contributed by atoms with E-state index in [-0.39, 0.29) is 17.4 Å². The zero-order valence-electron chi connectivity index (χ0n) is 18.2. The first-order valence-corrected chi connectivity index (χ1v) is 11.5. The highest BCUT2D eigenvalue weighted by Gasteiger charge is 2.48. The van der Waals surface area contributed by atoms with Crippen LogP contribution in [0.1, 0.15) is 41.7 Å². The minimum absolute atomic E-state index is 0.0689. The lowest BCUT2D eigenvalue weighted by molar-refractivity contribution is -0.130. The van der Waals surface area contributed by atoms with Crippen LogP contribution in [0.15, 0.2) is 65.7 Å². The van der Waals surface area contributed by atoms with Gasteiger partial charge < -0.3 is 17.2 Å². The molecule has 32 heavy (non-hydrogen) atoms. The molecule has 1 aromatic heterocycles. The summed E-state index contributed by atoms with van der Waals surface area (Å²) >= 11 is 1.61. The number of rotatable bonds is 4. The van der Waals surface area contributed by atoms with Crippen molar-refractivity contribution in [1.82, 2.24) is 4.90 Å². The minimum Gasteiger partial charge on any atom is -0.399 e. The van der Waals surface area contributed by atoms with Crippen molar-refractivity contribution >= 4 is 28.9 Å². The van der Waals surface area contributed by atoms with Crippen molar-refractivity contribution in [2.24, 2.45) is 16.5 Å². The first kappa shape index (κ1) is 20.7. The average molecular weight is 446 g/mol. The molecule has 3 aromatic rings. The Hall–Kier alpha value is -3.16. The molecule has 1 amide bonds. The average Bonchev–Trinajstić information content (AvgIpc) is 3.32. The van der Waals surface area contributed by atoms with Crippen molar-refractivity contribution in [2.45, 2.75) is 36.8 Å². The number of carbonyl (C=O) groups is 1. The Kier molecular flexibility index (Phi) is 4.65. The van der Waals surface area contributed by atoms with Crippen LogP contribution in [0.2, 0.25) is 0 Å². The van der Waals surface area contributed by atoms with Gasteiger partial charge in [0.1, 0.15) is 5.54 Å². The van der Waals surface area contributed by atoms with Gasteiger partial charge in [-0.1, -0.05) is 36.4 Å². The summed E-state index contributed by atoms with van der Waals surface area (Å²) in [5.41, 5.74) is 21.3. The monoisotopic (exact) mass is 445 g/mol. The van der Waals surface area contributed by atoms with Gasteiger partial charge in [-0.15, -0.1) is 11.3 Å². The minimum atomic E-state index is -0.821. The summed E-state index contributed by atoms with van der Waals surface area (Å²) in [6.07, 6.45) is 2.00. The van der Waals surface area contributed by atoms with Crippen LogP contribution >= 0.6 is 11.3 Å². The standard InChI is InChI=1S/C25H27N5OS/c1-24(20-11-10-19(32-20)16-4-3-5-18(26)14-16)21(22(31)30(2)23(27)29-24)15-6-8-17(9-7-15)25(28)12-13-25/h3-11,14,21H,12-13,26,28H2,1-2H3,(H2,27,29)/t21-,24-/m1/s1. The molecule has 2 heterocycles. The maximum absolute atomic E-state index is 13.5. The van der Waals surface area contributed by atoms with Gasteiger partial charge in [0.15, 0.2) is 5.96 Å². The fraction of sp³-hybridized carbons (Fsp3) is 0.280. The lowest BCUT2D eigenvalue weighted by Gasteiger charge is -2.40. The van der Waals surface area contributed by atoms with Gasteiger partial charge in [-0.3, -0.25) is 9.69 Å². The number of carbonyl (C=O) groups excluding carboxylic acids is 1. The SMILES string of the molecule is CN1C(=O)[C@@H](c2ccc(C3(N)CC3)cc2)[C@@](C)(c2ccc(-c3cccc(N)c3)s2)N=C1N. The fourth-order valence-electron chi connectivity index (χ4n) is 4.48. The molecule has 164 valence electrons. The molecule has 0 unspecified atom stereocenters. The maximum atomic E-state index is 13.5. The van der Waals surface area contributed by atoms with Crippen LogP contribution in [0.25, 0.3) is 10.4 Å². The van der Waals surface area contributed by atoms with Gasteiger partial charge in [0.05, 0.1) is 5.92 Å². The molecule has 0 saturated heterocycles. The Morgan fingerprint density at radius 2 is 1.78 bits per heavy atom. The smallest absolute Gasteiger partial charge is 0.239 e. The molecule has 0 radical (unpaired) electrons. The number of likely N-dealkylation sites (N-methyl/N-ethyl adjacent to an activating group) is 1. The highest BCUT2D eigenvalue weighted by molar-refractivity contribution is 7.15. The third-order valence-electron chi connectivity index (χ3n) is 6.71. The first-order valence-electron chi connectivity index (χ1n) is 10.7. The molecule has 2 atom stereocenters. The highest BCUT2D eigenvalue weighted by atomic mass is 32.1. The first-order chi connectivity index (χ1) is 15.2. The Bertz CT molecular complexity index is 1230. The topological polar surface area (TPSA) is 111 Å². The van der Waals surface area contributed by atoms with E-state index < -0.39 is 11.5 Å². The van der Waals surface area contributed by atoms with Gasteiger partial charge in [0.25, 0.3) is 0 Å². The number of guanidine groups is 1. The van der Waals surface area contributed by atoms with Crippen LogP contribution in [0.5, 0.6) is 0 Å². The van der Waals surface area contributed by atoms with E-state index in [1.165, 1.54) is 4.90 Å². The summed E-state index contributed by atoms with van der Waals surface area (Å²) in [6.45, 7) is 1.99. The molecule has 1 aliphatic carbocycles. The molecule has 5 rings (SSSR count). The summed E-state index contributed by atoms with van der Waals surface area (Å²) in [4.78, 5) is 21.8. The quantitative estimate of drug-likeness (QED) is 0.531. The molecule has 2 aromatic carbocycles. The Morgan fingerprint density at radius 1 is 1.06 bits per heavy atom. The van der Waals surface area contributed by atoms with E-state index in [0.717, 1.165) is 39.3 Å². The largest absolute Gasteiger partial charge is 0.399 e. The van der Waals surface area contributed by atoms with Crippen LogP contribution in [-0.2, 0) is 15.9 Å². The summed E-state index contributed by atoms with van der Waals surface area (Å²) in [5.74, 6) is -0.335. The van der Waals surface area contributed by atoms with Crippen molar-refractivity contribution < 1.29 is 4.79 Å². The molecule has 7 heteroatoms. The van der Waals surface area contributed by atoms with E-state index in [4.69, 9.17) is 22.2 Å². The van der Waals surface area contributed by atoms with Crippen molar-refractivity contribution in [2.75, 3.05) is 12.8 Å². The van der Waals surface area contributed by atoms with Gasteiger partial charge in [-0.25, -0.2) is 4.99 Å². The zero-order valence-corrected chi connectivity index (χ0v) is 19.0. The van der Waals surface area contributed by atoms with E-state index >= 15 is 0 Å². The van der Waals surface area contributed by atoms with E-state index in [2.05, 4.69) is 6.07 Å². The summed E-state index contributed by atoms with van der Waals surface area (Å²) < 4.78 is 0. The van der Waals surface area contributed by atoms with Crippen LogP contribution in [0, 0.1) is 0 Å². The second kappa shape index (κ2) is 7.18. The van der Waals surface area contributed by atoms with E-state index in [0.29, 0.717) is 5.69 Å². The number of nitrogens with two attached hydrogens (primary N) is 3. The molecule has 2 aliphatic rings. The fourth-order valence-corrected chi connectivity index (χ4v) is 5.60. The van der Waals surface area contributed by atoms with Crippen molar-refractivity contribution in [3.63, 3.8) is 0 Å². The second-order valence-corrected chi connectivity index (χ2v) is 10.1. The Balaban J connectivity index is 1.58. The van der Waals surface area contributed by atoms with Gasteiger partial charge in [0, 0.05) is 28.0 Å². The number of anilines is 1. The molecule has 0 bridgehead atoms. The number of aliphatic imine (C=N–C) groups is 1. The molecule has 0 spiro atoms. The molecule has 6 N–H and O–H groups in total. The summed E-state index contributed by atoms with van der Waals surface area (Å²) in [5, 5.41) is 0. The number of hydrogen-bond acceptors (Lipinski definition) is 6. The van der Waals surface area contributed by atoms with Crippen LogP contribution in [-0.4, -0.2) is 23.8 Å². The van der Waals surface area contributed by atoms with Crippen LogP contribution in [0.3, 0.4) is 0 Å². The molecule has 1 saturated carbocycles. The molecule has 1 fully saturated rings. The lowest BCUT2D eigenvalue weighted by atomic mass is 9.77. The molecule has 1 aliphatic heterocycles. The molecular formula is C25H27N5OS. The number of hydrogen-bond donors (Lipinski definition) is 3. The van der Waals surface area contributed by atoms with Crippen molar-refractivity contribution in [1.29, 1.82) is 0 Å². The van der Waals surface area contributed by atoms with Gasteiger partial charge in [-0.2, -0.15) is 0 Å². The Labute approximate surface area is 191 Å². The normalized spacial score (nSPS) is 24.3. The Morgan fingerprint density at radius 3 is 2.44 bits per heavy atom. The van der Waals surface area contributed by atoms with Gasteiger partial charge in [0.2, 0.25) is 5.91 Å². The molecule has 6 nitrogen and oxygen atoms in total. The zero-order chi connectivity index (χ0) is 22.7. The number of nitrogen functional groups attached to an aromatic ring is 1. The molecular weight excluding hydrogens is 418 g/mol. The summed E-state index contributed by atoms with van der Waals surface area (Å²) in [6, 6.07) is 20.0. The number of thiophene rings is 1. The third-order valence-corrected chi connectivity index (χ3v) is 8.07. The van der Waals surface area contributed by atoms with Crippen molar-refractivity contribution in [3.05, 3.63) is 76.7 Å².